The number of rotatable bonds is 19. The first-order chi connectivity index (χ1) is 19.3. The van der Waals surface area contributed by atoms with E-state index in [1.165, 1.54) is 64.2 Å². The van der Waals surface area contributed by atoms with E-state index in [4.69, 9.17) is 5.10 Å². The molecule has 3 heterocycles. The molecule has 0 saturated carbocycles. The van der Waals surface area contributed by atoms with Crippen molar-refractivity contribution in [2.75, 3.05) is 0 Å². The minimum Gasteiger partial charge on any atom is -0.280 e. The Morgan fingerprint density at radius 3 is 1.79 bits per heavy atom. The van der Waals surface area contributed by atoms with E-state index in [0.717, 1.165) is 48.3 Å². The van der Waals surface area contributed by atoms with Crippen LogP contribution in [0, 0.1) is 0 Å². The Morgan fingerprint density at radius 1 is 0.744 bits per heavy atom. The van der Waals surface area contributed by atoms with E-state index in [1.807, 2.05) is 48.8 Å². The molecule has 7 heteroatoms. The minimum atomic E-state index is -0.177. The lowest BCUT2D eigenvalue weighted by atomic mass is 9.91. The van der Waals surface area contributed by atoms with E-state index < -0.39 is 0 Å². The zero-order chi connectivity index (χ0) is 27.4. The molecule has 0 aliphatic carbocycles. The molecule has 0 radical (unpaired) electrons. The van der Waals surface area contributed by atoms with Gasteiger partial charge in [-0.05, 0) is 49.2 Å². The van der Waals surface area contributed by atoms with Crippen LogP contribution in [0.4, 0.5) is 0 Å². The summed E-state index contributed by atoms with van der Waals surface area (Å²) in [6, 6.07) is 15.3. The average Bonchev–Trinajstić information content (AvgIpc) is 2.99. The molecular formula is C32H43N5OS. The molecule has 3 aromatic heterocycles. The van der Waals surface area contributed by atoms with Crippen LogP contribution in [-0.2, 0) is 0 Å². The van der Waals surface area contributed by atoms with Crippen LogP contribution >= 0.6 is 11.9 Å². The summed E-state index contributed by atoms with van der Waals surface area (Å²) in [6.07, 6.45) is 23.3. The summed E-state index contributed by atoms with van der Waals surface area (Å²) in [7, 11) is 0. The van der Waals surface area contributed by atoms with Gasteiger partial charge in [-0.25, -0.2) is 4.83 Å². The summed E-state index contributed by atoms with van der Waals surface area (Å²) < 4.78 is 0. The van der Waals surface area contributed by atoms with Gasteiger partial charge in [0.25, 0.3) is 0 Å². The fourth-order valence-electron chi connectivity index (χ4n) is 4.67. The van der Waals surface area contributed by atoms with Crippen molar-refractivity contribution in [3.63, 3.8) is 0 Å². The van der Waals surface area contributed by atoms with E-state index in [-0.39, 0.29) is 11.0 Å². The SMILES string of the molecule is CCCCCCCCCCCCCCC(=NNSC(=O)c1ccncc1)C(c1ccccn1)c1ccccn1. The molecule has 3 aromatic rings. The quantitative estimate of drug-likeness (QED) is 0.0703. The van der Waals surface area contributed by atoms with Gasteiger partial charge in [0, 0.05) is 42.3 Å². The lowest BCUT2D eigenvalue weighted by molar-refractivity contribution is 0.108. The molecule has 0 aliphatic heterocycles. The fourth-order valence-corrected chi connectivity index (χ4v) is 5.17. The number of hydrogen-bond donors (Lipinski definition) is 1. The number of unbranched alkanes of at least 4 members (excludes halogenated alkanes) is 11. The van der Waals surface area contributed by atoms with Gasteiger partial charge in [0.05, 0.1) is 23.0 Å². The maximum absolute atomic E-state index is 12.6. The van der Waals surface area contributed by atoms with Crippen LogP contribution in [0.2, 0.25) is 0 Å². The Hall–Kier alpha value is -3.06. The van der Waals surface area contributed by atoms with Gasteiger partial charge in [-0.2, -0.15) is 5.10 Å². The van der Waals surface area contributed by atoms with Gasteiger partial charge in [-0.15, -0.1) is 0 Å². The largest absolute Gasteiger partial charge is 0.280 e. The van der Waals surface area contributed by atoms with Gasteiger partial charge in [-0.1, -0.05) is 89.7 Å². The highest BCUT2D eigenvalue weighted by molar-refractivity contribution is 8.12. The van der Waals surface area contributed by atoms with Crippen LogP contribution in [0.15, 0.2) is 78.4 Å². The molecule has 0 amide bonds. The van der Waals surface area contributed by atoms with Crippen molar-refractivity contribution in [2.45, 2.75) is 96.3 Å². The van der Waals surface area contributed by atoms with E-state index in [2.05, 4.69) is 26.7 Å². The summed E-state index contributed by atoms with van der Waals surface area (Å²) in [4.78, 5) is 28.8. The Bertz CT molecular complexity index is 1040. The average molecular weight is 546 g/mol. The summed E-state index contributed by atoms with van der Waals surface area (Å²) in [6.45, 7) is 2.27. The van der Waals surface area contributed by atoms with Crippen molar-refractivity contribution in [1.82, 2.24) is 19.8 Å². The van der Waals surface area contributed by atoms with Crippen molar-refractivity contribution in [3.8, 4) is 0 Å². The number of carbonyl (C=O) groups excluding carboxylic acids is 1. The van der Waals surface area contributed by atoms with Crippen LogP contribution in [0.3, 0.4) is 0 Å². The van der Waals surface area contributed by atoms with Crippen LogP contribution in [0.5, 0.6) is 0 Å². The van der Waals surface area contributed by atoms with Gasteiger partial charge in [0.2, 0.25) is 5.12 Å². The highest BCUT2D eigenvalue weighted by Gasteiger charge is 2.23. The van der Waals surface area contributed by atoms with Crippen molar-refractivity contribution < 1.29 is 4.79 Å². The standard InChI is InChI=1S/C32H43N5OS/c1-2-3-4-5-6-7-8-9-10-11-12-13-20-30(36-37-39-32(38)27-21-25-33-26-22-27)31(28-18-14-16-23-34-28)29-19-15-17-24-35-29/h14-19,21-26,31,37H,2-13,20H2,1H3. The third-order valence-corrected chi connectivity index (χ3v) is 7.43. The molecule has 0 aliphatic rings. The number of carbonyl (C=O) groups is 1. The molecule has 0 atom stereocenters. The first-order valence-electron chi connectivity index (χ1n) is 14.5. The van der Waals surface area contributed by atoms with Crippen molar-refractivity contribution in [1.29, 1.82) is 0 Å². The van der Waals surface area contributed by atoms with E-state index >= 15 is 0 Å². The van der Waals surface area contributed by atoms with Crippen molar-refractivity contribution in [3.05, 3.63) is 90.3 Å². The minimum absolute atomic E-state index is 0.0990. The first-order valence-corrected chi connectivity index (χ1v) is 15.4. The summed E-state index contributed by atoms with van der Waals surface area (Å²) in [5, 5.41) is 4.65. The number of pyridine rings is 3. The summed E-state index contributed by atoms with van der Waals surface area (Å²) in [5.41, 5.74) is 3.34. The molecule has 208 valence electrons. The Labute approximate surface area is 238 Å². The number of hydrogen-bond acceptors (Lipinski definition) is 7. The maximum Gasteiger partial charge on any atom is 0.241 e. The number of hydrazone groups is 1. The van der Waals surface area contributed by atoms with Crippen molar-refractivity contribution >= 4 is 22.8 Å². The lowest BCUT2D eigenvalue weighted by Crippen LogP contribution is -2.19. The number of nitrogens with one attached hydrogen (secondary N) is 1. The van der Waals surface area contributed by atoms with Crippen LogP contribution < -0.4 is 4.83 Å². The zero-order valence-corrected chi connectivity index (χ0v) is 24.1. The lowest BCUT2D eigenvalue weighted by Gasteiger charge is -2.19. The molecule has 6 nitrogen and oxygen atoms in total. The van der Waals surface area contributed by atoms with Gasteiger partial charge >= 0.3 is 0 Å². The molecule has 0 saturated heterocycles. The zero-order valence-electron chi connectivity index (χ0n) is 23.3. The fraction of sp³-hybridized carbons (Fsp3) is 0.469. The molecular weight excluding hydrogens is 502 g/mol. The molecule has 0 unspecified atom stereocenters. The summed E-state index contributed by atoms with van der Waals surface area (Å²) in [5.74, 6) is -0.177. The predicted octanol–water partition coefficient (Wildman–Crippen LogP) is 8.53. The molecule has 3 rings (SSSR count). The van der Waals surface area contributed by atoms with Crippen LogP contribution in [-0.4, -0.2) is 25.8 Å². The Balaban J connectivity index is 1.57. The second-order valence-electron chi connectivity index (χ2n) is 9.90. The summed E-state index contributed by atoms with van der Waals surface area (Å²) >= 11 is 0.982. The van der Waals surface area contributed by atoms with E-state index in [0.29, 0.717) is 5.56 Å². The smallest absolute Gasteiger partial charge is 0.241 e. The predicted molar refractivity (Wildman–Crippen MR) is 163 cm³/mol. The van der Waals surface area contributed by atoms with Gasteiger partial charge < -0.3 is 0 Å². The van der Waals surface area contributed by atoms with Crippen LogP contribution in [0.1, 0.15) is 118 Å². The second-order valence-corrected chi connectivity index (χ2v) is 10.7. The Kier molecular flexibility index (Phi) is 14.9. The third-order valence-electron chi connectivity index (χ3n) is 6.83. The molecule has 0 fully saturated rings. The Morgan fingerprint density at radius 2 is 1.28 bits per heavy atom. The third kappa shape index (κ3) is 11.7. The topological polar surface area (TPSA) is 80.1 Å². The first kappa shape index (κ1) is 30.5. The highest BCUT2D eigenvalue weighted by atomic mass is 32.2. The van der Waals surface area contributed by atoms with Crippen LogP contribution in [0.25, 0.3) is 0 Å². The van der Waals surface area contributed by atoms with Gasteiger partial charge in [0.15, 0.2) is 0 Å². The number of nitrogens with zero attached hydrogens (tertiary/aromatic N) is 4. The molecule has 0 aromatic carbocycles. The highest BCUT2D eigenvalue weighted by Crippen LogP contribution is 2.26. The monoisotopic (exact) mass is 545 g/mol. The molecule has 1 N–H and O–H groups in total. The number of aromatic nitrogens is 3. The van der Waals surface area contributed by atoms with Crippen molar-refractivity contribution in [2.24, 2.45) is 5.10 Å². The van der Waals surface area contributed by atoms with E-state index in [9.17, 15) is 4.79 Å². The normalized spacial score (nSPS) is 11.6. The maximum atomic E-state index is 12.6. The second kappa shape index (κ2) is 19.1. The van der Waals surface area contributed by atoms with Gasteiger partial charge in [-0.3, -0.25) is 19.7 Å². The van der Waals surface area contributed by atoms with Gasteiger partial charge in [0.1, 0.15) is 0 Å². The molecule has 39 heavy (non-hydrogen) atoms. The van der Waals surface area contributed by atoms with E-state index in [1.54, 1.807) is 24.5 Å². The molecule has 0 spiro atoms. The molecule has 0 bridgehead atoms.